The van der Waals surface area contributed by atoms with Crippen LogP contribution in [0.4, 0.5) is 10.1 Å². The van der Waals surface area contributed by atoms with Crippen molar-refractivity contribution >= 4 is 15.9 Å². The molecule has 0 saturated heterocycles. The fourth-order valence-electron chi connectivity index (χ4n) is 1.59. The third-order valence-electron chi connectivity index (χ3n) is 2.35. The molecule has 108 valence electrons. The Hall–Kier alpha value is -1.18. The highest BCUT2D eigenvalue weighted by Gasteiger charge is 2.22. The highest BCUT2D eigenvalue weighted by atomic mass is 32.2. The first-order valence-electron chi connectivity index (χ1n) is 6.12. The molecule has 0 saturated carbocycles. The van der Waals surface area contributed by atoms with Crippen molar-refractivity contribution < 1.29 is 12.8 Å². The first kappa shape index (κ1) is 15.9. The molecule has 0 atom stereocenters. The van der Waals surface area contributed by atoms with Crippen LogP contribution in [0.15, 0.2) is 24.3 Å². The summed E-state index contributed by atoms with van der Waals surface area (Å²) < 4.78 is 41.0. The van der Waals surface area contributed by atoms with Gasteiger partial charge in [-0.15, -0.1) is 0 Å². The van der Waals surface area contributed by atoms with Crippen LogP contribution < -0.4 is 14.8 Å². The molecule has 0 aliphatic carbocycles. The Bertz CT molecular complexity index is 488. The maximum Gasteiger partial charge on any atom is 0.301 e. The van der Waals surface area contributed by atoms with Crippen LogP contribution in [-0.2, 0) is 10.2 Å². The van der Waals surface area contributed by atoms with E-state index in [1.165, 1.54) is 28.6 Å². The number of benzene rings is 1. The van der Waals surface area contributed by atoms with Gasteiger partial charge in [0.25, 0.3) is 0 Å². The molecule has 0 aliphatic rings. The number of nitrogens with two attached hydrogens (primary N) is 1. The lowest BCUT2D eigenvalue weighted by atomic mass is 10.3. The summed E-state index contributed by atoms with van der Waals surface area (Å²) in [7, 11) is -3.65. The molecule has 19 heavy (non-hydrogen) atoms. The minimum absolute atomic E-state index is 0.217. The van der Waals surface area contributed by atoms with Gasteiger partial charge < -0.3 is 5.73 Å². The zero-order chi connectivity index (χ0) is 14.5. The van der Waals surface area contributed by atoms with Crippen molar-refractivity contribution in [3.63, 3.8) is 0 Å². The van der Waals surface area contributed by atoms with E-state index in [4.69, 9.17) is 5.73 Å². The van der Waals surface area contributed by atoms with Crippen molar-refractivity contribution in [2.45, 2.75) is 26.3 Å². The molecule has 0 unspecified atom stereocenters. The molecule has 5 nitrogen and oxygen atoms in total. The average molecular weight is 289 g/mol. The van der Waals surface area contributed by atoms with E-state index in [0.29, 0.717) is 18.7 Å². The van der Waals surface area contributed by atoms with Crippen LogP contribution in [0.25, 0.3) is 0 Å². The van der Waals surface area contributed by atoms with Crippen LogP contribution in [0.2, 0.25) is 0 Å². The van der Waals surface area contributed by atoms with Crippen LogP contribution >= 0.6 is 0 Å². The van der Waals surface area contributed by atoms with Gasteiger partial charge in [0.05, 0.1) is 5.69 Å². The second-order valence-corrected chi connectivity index (χ2v) is 6.09. The molecule has 1 aromatic rings. The smallest absolute Gasteiger partial charge is 0.301 e. The quantitative estimate of drug-likeness (QED) is 0.792. The van der Waals surface area contributed by atoms with E-state index in [0.717, 1.165) is 0 Å². The zero-order valence-electron chi connectivity index (χ0n) is 11.1. The number of hydrogen-bond acceptors (Lipinski definition) is 3. The second kappa shape index (κ2) is 6.83. The number of anilines is 1. The molecule has 0 heterocycles. The van der Waals surface area contributed by atoms with Gasteiger partial charge in [-0.1, -0.05) is 0 Å². The zero-order valence-corrected chi connectivity index (χ0v) is 12.0. The first-order valence-corrected chi connectivity index (χ1v) is 7.56. The Morgan fingerprint density at radius 2 is 1.89 bits per heavy atom. The van der Waals surface area contributed by atoms with Gasteiger partial charge in [-0.05, 0) is 51.1 Å². The number of halogens is 1. The third kappa shape index (κ3) is 4.77. The Labute approximate surface area is 113 Å². The first-order chi connectivity index (χ1) is 8.86. The molecule has 0 bridgehead atoms. The van der Waals surface area contributed by atoms with E-state index in [2.05, 4.69) is 4.72 Å². The molecular weight excluding hydrogens is 269 g/mol. The van der Waals surface area contributed by atoms with Crippen molar-refractivity contribution in [1.29, 1.82) is 0 Å². The molecule has 0 spiro atoms. The summed E-state index contributed by atoms with van der Waals surface area (Å²) in [6, 6.07) is 5.12. The van der Waals surface area contributed by atoms with Gasteiger partial charge in [0.15, 0.2) is 0 Å². The summed E-state index contributed by atoms with van der Waals surface area (Å²) in [5, 5.41) is 0. The SMILES string of the molecule is CC(C)NS(=O)(=O)N(CCCN)c1ccc(F)cc1. The van der Waals surface area contributed by atoms with Crippen LogP contribution in [-0.4, -0.2) is 27.5 Å². The van der Waals surface area contributed by atoms with Crippen LogP contribution in [0.1, 0.15) is 20.3 Å². The van der Waals surface area contributed by atoms with E-state index in [1.807, 2.05) is 0 Å². The van der Waals surface area contributed by atoms with Crippen LogP contribution in [0, 0.1) is 5.82 Å². The lowest BCUT2D eigenvalue weighted by Crippen LogP contribution is -2.44. The Morgan fingerprint density at radius 1 is 1.32 bits per heavy atom. The number of rotatable bonds is 7. The topological polar surface area (TPSA) is 75.4 Å². The van der Waals surface area contributed by atoms with E-state index in [-0.39, 0.29) is 12.6 Å². The maximum atomic E-state index is 12.9. The molecule has 0 radical (unpaired) electrons. The molecule has 0 amide bonds. The number of hydrogen-bond donors (Lipinski definition) is 2. The molecule has 1 rings (SSSR count). The minimum Gasteiger partial charge on any atom is -0.330 e. The van der Waals surface area contributed by atoms with Gasteiger partial charge >= 0.3 is 10.2 Å². The number of nitrogens with zero attached hydrogens (tertiary/aromatic N) is 1. The van der Waals surface area contributed by atoms with Gasteiger partial charge in [0, 0.05) is 12.6 Å². The van der Waals surface area contributed by atoms with E-state index in [9.17, 15) is 12.8 Å². The molecule has 0 fully saturated rings. The lowest BCUT2D eigenvalue weighted by Gasteiger charge is -2.25. The second-order valence-electron chi connectivity index (χ2n) is 4.47. The molecular formula is C12H20FN3O2S. The summed E-state index contributed by atoms with van der Waals surface area (Å²) >= 11 is 0. The predicted octanol–water partition coefficient (Wildman–Crippen LogP) is 1.22. The van der Waals surface area contributed by atoms with E-state index >= 15 is 0 Å². The molecule has 0 aromatic heterocycles. The Balaban J connectivity index is 3.03. The largest absolute Gasteiger partial charge is 0.330 e. The summed E-state index contributed by atoms with van der Waals surface area (Å²) in [5.74, 6) is -0.406. The average Bonchev–Trinajstić information content (AvgIpc) is 2.30. The summed E-state index contributed by atoms with van der Waals surface area (Å²) in [5.41, 5.74) is 5.84. The Kier molecular flexibility index (Phi) is 5.71. The van der Waals surface area contributed by atoms with Gasteiger partial charge in [0.2, 0.25) is 0 Å². The van der Waals surface area contributed by atoms with Gasteiger partial charge in [0.1, 0.15) is 5.82 Å². The molecule has 3 N–H and O–H groups in total. The van der Waals surface area contributed by atoms with Crippen LogP contribution in [0.5, 0.6) is 0 Å². The molecule has 0 aliphatic heterocycles. The third-order valence-corrected chi connectivity index (χ3v) is 4.10. The summed E-state index contributed by atoms with van der Waals surface area (Å²) in [4.78, 5) is 0. The maximum absolute atomic E-state index is 12.9. The minimum atomic E-state index is -3.65. The molecule has 1 aromatic carbocycles. The van der Waals surface area contributed by atoms with Crippen molar-refractivity contribution in [2.24, 2.45) is 5.73 Å². The van der Waals surface area contributed by atoms with Gasteiger partial charge in [-0.2, -0.15) is 13.1 Å². The van der Waals surface area contributed by atoms with E-state index in [1.54, 1.807) is 13.8 Å². The summed E-state index contributed by atoms with van der Waals surface area (Å²) in [6.45, 7) is 4.12. The highest BCUT2D eigenvalue weighted by Crippen LogP contribution is 2.18. The fourth-order valence-corrected chi connectivity index (χ4v) is 3.08. The highest BCUT2D eigenvalue weighted by molar-refractivity contribution is 7.90. The normalized spacial score (nSPS) is 11.8. The van der Waals surface area contributed by atoms with Crippen LogP contribution in [0.3, 0.4) is 0 Å². The van der Waals surface area contributed by atoms with Crippen molar-refractivity contribution in [3.05, 3.63) is 30.1 Å². The van der Waals surface area contributed by atoms with Crippen molar-refractivity contribution in [3.8, 4) is 0 Å². The van der Waals surface area contributed by atoms with E-state index < -0.39 is 16.0 Å². The molecule has 7 heteroatoms. The monoisotopic (exact) mass is 289 g/mol. The van der Waals surface area contributed by atoms with Gasteiger partial charge in [-0.3, -0.25) is 4.31 Å². The van der Waals surface area contributed by atoms with Gasteiger partial charge in [-0.25, -0.2) is 4.39 Å². The lowest BCUT2D eigenvalue weighted by molar-refractivity contribution is 0.563. The van der Waals surface area contributed by atoms with Crippen molar-refractivity contribution in [1.82, 2.24) is 4.72 Å². The summed E-state index contributed by atoms with van der Waals surface area (Å²) in [6.07, 6.45) is 0.524. The predicted molar refractivity (Wildman–Crippen MR) is 74.6 cm³/mol. The van der Waals surface area contributed by atoms with Crippen molar-refractivity contribution in [2.75, 3.05) is 17.4 Å². The standard InChI is InChI=1S/C12H20FN3O2S/c1-10(2)15-19(17,18)16(9-3-8-14)12-6-4-11(13)5-7-12/h4-7,10,15H,3,8-9,14H2,1-2H3. The number of nitrogens with one attached hydrogen (secondary N) is 1. The Morgan fingerprint density at radius 3 is 2.37 bits per heavy atom. The fraction of sp³-hybridized carbons (Fsp3) is 0.500.